The fourth-order valence-corrected chi connectivity index (χ4v) is 17.8. The lowest BCUT2D eigenvalue weighted by molar-refractivity contribution is -1.06. The fraction of sp³-hybridized carbons (Fsp3) is 0.778. The summed E-state index contributed by atoms with van der Waals surface area (Å²) in [6, 6.07) is 31.4. The van der Waals surface area contributed by atoms with Gasteiger partial charge in [0.2, 0.25) is 0 Å². The summed E-state index contributed by atoms with van der Waals surface area (Å²) in [7, 11) is 16.2. The van der Waals surface area contributed by atoms with Crippen LogP contribution in [0, 0.1) is 0 Å². The van der Waals surface area contributed by atoms with Gasteiger partial charge >= 0.3 is 0 Å². The summed E-state index contributed by atoms with van der Waals surface area (Å²) in [5, 5.41) is 0. The number of quaternary nitrogens is 8. The van der Waals surface area contributed by atoms with Gasteiger partial charge in [-0.15, -0.1) is 0 Å². The SMILES string of the molecule is C=C1[N+](C)(CCCCCC)Cc2ccc(cc2)C[N+](C)(CCCCCC)CC[N+]2(CCCCCC)CC[N+](C)(CCCCCC)Cc3ccc(cc3)C[N+](C)(CCCCCC)CC[N+]1(CCCCCC)CC[N+](C)(CCCCCC)Cc1ccc(cc1)C[N+](C)(CCCCCC)CC2. The van der Waals surface area contributed by atoms with E-state index in [4.69, 9.17) is 6.58 Å². The molecule has 3 aromatic rings. The van der Waals surface area contributed by atoms with Gasteiger partial charge in [-0.1, -0.05) is 231 Å². The Morgan fingerprint density at radius 2 is 0.429 bits per heavy atom. The van der Waals surface area contributed by atoms with Gasteiger partial charge in [0.1, 0.15) is 105 Å². The molecule has 0 aliphatic carbocycles. The van der Waals surface area contributed by atoms with Crippen LogP contribution >= 0.6 is 0 Å². The number of nitrogens with zero attached hydrogens (tertiary/aromatic N) is 8. The number of hydrogen-bond acceptors (Lipinski definition) is 0. The summed E-state index contributed by atoms with van der Waals surface area (Å²) in [6.45, 7) is 53.6. The van der Waals surface area contributed by atoms with E-state index in [1.54, 1.807) is 11.1 Å². The second-order valence-electron chi connectivity index (χ2n) is 35.3. The molecule has 8 bridgehead atoms. The Morgan fingerprint density at radius 3 is 0.673 bits per heavy atom. The minimum absolute atomic E-state index is 0.926. The second-order valence-corrected chi connectivity index (χ2v) is 35.3. The van der Waals surface area contributed by atoms with Crippen LogP contribution in [-0.2, 0) is 39.3 Å². The highest BCUT2D eigenvalue weighted by Crippen LogP contribution is 2.34. The molecule has 0 spiro atoms. The maximum atomic E-state index is 5.68. The van der Waals surface area contributed by atoms with Gasteiger partial charge in [0.05, 0.1) is 94.6 Å². The molecule has 8 aliphatic rings. The first kappa shape index (κ1) is 85.7. The molecule has 0 radical (unpaired) electrons. The van der Waals surface area contributed by atoms with Crippen LogP contribution in [-0.4, -0.2) is 196 Å². The van der Waals surface area contributed by atoms with Gasteiger partial charge in [-0.05, 0) is 103 Å². The molecule has 0 fully saturated rings. The van der Waals surface area contributed by atoms with Crippen molar-refractivity contribution < 1.29 is 35.9 Å². The van der Waals surface area contributed by atoms with Crippen LogP contribution in [0.4, 0.5) is 0 Å². The highest BCUT2D eigenvalue weighted by Gasteiger charge is 2.47. The van der Waals surface area contributed by atoms with Crippen molar-refractivity contribution in [3.63, 3.8) is 0 Å². The zero-order chi connectivity index (χ0) is 71.1. The molecule has 98 heavy (non-hydrogen) atoms. The minimum Gasteiger partial charge on any atom is -0.318 e. The van der Waals surface area contributed by atoms with Gasteiger partial charge in [-0.2, -0.15) is 0 Å². The van der Waals surface area contributed by atoms with Gasteiger partial charge in [-0.3, -0.25) is 0 Å². The van der Waals surface area contributed by atoms with E-state index in [2.05, 4.69) is 170 Å². The first-order valence-corrected chi connectivity index (χ1v) is 42.8. The average Bonchev–Trinajstić information content (AvgIpc) is 0.787. The number of benzene rings is 3. The molecule has 0 aromatic heterocycles. The third-order valence-electron chi connectivity index (χ3n) is 25.3. The van der Waals surface area contributed by atoms with Crippen molar-refractivity contribution in [3.8, 4) is 0 Å². The molecule has 0 N–H and O–H groups in total. The molecule has 0 saturated heterocycles. The number of hydrogen-bond donors (Lipinski definition) is 0. The predicted molar refractivity (Wildman–Crippen MR) is 429 cm³/mol. The average molecular weight is 1360 g/mol. The zero-order valence-electron chi connectivity index (χ0n) is 68.3. The normalized spacial score (nSPS) is 27.4. The molecule has 0 saturated carbocycles. The number of rotatable bonds is 40. The lowest BCUT2D eigenvalue weighted by Crippen LogP contribution is -2.64. The van der Waals surface area contributed by atoms with Crippen LogP contribution in [0.25, 0.3) is 0 Å². The summed E-state index contributed by atoms with van der Waals surface area (Å²) in [6.07, 6.45) is 42.0. The maximum absolute atomic E-state index is 5.68. The minimum atomic E-state index is 0.926. The van der Waals surface area contributed by atoms with Gasteiger partial charge in [0, 0.05) is 40.0 Å². The van der Waals surface area contributed by atoms with E-state index in [9.17, 15) is 0 Å². The van der Waals surface area contributed by atoms with Crippen LogP contribution in [0.2, 0.25) is 0 Å². The lowest BCUT2D eigenvalue weighted by Gasteiger charge is -2.48. The second kappa shape index (κ2) is 45.3. The monoisotopic (exact) mass is 1360 g/mol. The molecule has 8 heterocycles. The topological polar surface area (TPSA) is 0 Å². The number of unbranched alkanes of at least 4 members (excludes halogenated alkanes) is 24. The van der Waals surface area contributed by atoms with Crippen LogP contribution in [0.5, 0.6) is 0 Å². The summed E-state index contributed by atoms with van der Waals surface area (Å²) in [5.41, 5.74) is 9.21. The molecule has 11 rings (SSSR count). The van der Waals surface area contributed by atoms with E-state index in [-0.39, 0.29) is 0 Å². The molecular formula is C90H168N8+8. The maximum Gasteiger partial charge on any atom is 0.287 e. The smallest absolute Gasteiger partial charge is 0.287 e. The standard InChI is InChI=1S/C90H168N8/c1-16-24-32-40-60-91(10)68-73-97(66-46-38-30-22-7)74-69-92(11,61-41-33-25-17-2)79-86-50-54-88(55-51-86)82-95(14,64-44-36-28-20-5)72-77-98(67-47-39-31-23-8,76-71-94(13,63-43-35-27-19-4)81-87-52-48-85(78-91)49-53-87)84(9)96(15,65-45-37-29-21-6)83-90-58-56-89(57-59-90)80-93(12,70-75-97)62-42-34-26-18-3/h48-59H,9,16-47,60-83H2,1-8,10-15H3/q+8. The highest BCUT2D eigenvalue weighted by molar-refractivity contribution is 5.23. The highest BCUT2D eigenvalue weighted by atomic mass is 15.6. The molecule has 8 heteroatoms. The van der Waals surface area contributed by atoms with Crippen molar-refractivity contribution in [2.45, 2.75) is 300 Å². The van der Waals surface area contributed by atoms with Gasteiger partial charge in [-0.25, -0.2) is 8.97 Å². The van der Waals surface area contributed by atoms with E-state index in [1.165, 1.54) is 336 Å². The molecule has 6 atom stereocenters. The van der Waals surface area contributed by atoms with Crippen LogP contribution in [0.3, 0.4) is 0 Å². The van der Waals surface area contributed by atoms with E-state index in [0.29, 0.717) is 0 Å². The van der Waals surface area contributed by atoms with Gasteiger partial charge in [0.15, 0.2) is 0 Å². The van der Waals surface area contributed by atoms with Gasteiger partial charge < -0.3 is 26.9 Å². The van der Waals surface area contributed by atoms with Crippen molar-refractivity contribution in [2.75, 3.05) is 160 Å². The predicted octanol–water partition coefficient (Wildman–Crippen LogP) is 21.5. The Hall–Kier alpha value is -2.92. The largest absolute Gasteiger partial charge is 0.318 e. The lowest BCUT2D eigenvalue weighted by atomic mass is 10.1. The summed E-state index contributed by atoms with van der Waals surface area (Å²) >= 11 is 0. The Labute approximate surface area is 611 Å². The molecule has 0 amide bonds. The van der Waals surface area contributed by atoms with Crippen LogP contribution in [0.1, 0.15) is 294 Å². The Bertz CT molecular complexity index is 2440. The van der Waals surface area contributed by atoms with Crippen molar-refractivity contribution in [1.29, 1.82) is 0 Å². The van der Waals surface area contributed by atoms with E-state index in [0.717, 1.165) is 90.3 Å². The Morgan fingerprint density at radius 1 is 0.224 bits per heavy atom. The Balaban J connectivity index is 1.91. The third-order valence-corrected chi connectivity index (χ3v) is 25.3. The van der Waals surface area contributed by atoms with E-state index in [1.807, 2.05) is 0 Å². The van der Waals surface area contributed by atoms with Crippen LogP contribution in [0.15, 0.2) is 85.2 Å². The van der Waals surface area contributed by atoms with Crippen molar-refractivity contribution in [3.05, 3.63) is 119 Å². The van der Waals surface area contributed by atoms with E-state index >= 15 is 0 Å². The molecule has 3 aromatic carbocycles. The Kier molecular flexibility index (Phi) is 39.7. The molecule has 560 valence electrons. The summed E-state index contributed by atoms with van der Waals surface area (Å²) in [4.78, 5) is 0. The van der Waals surface area contributed by atoms with E-state index < -0.39 is 0 Å². The summed E-state index contributed by atoms with van der Waals surface area (Å²) in [5.74, 6) is 1.50. The van der Waals surface area contributed by atoms with Crippen molar-refractivity contribution in [1.82, 2.24) is 0 Å². The van der Waals surface area contributed by atoms with Crippen molar-refractivity contribution >= 4 is 0 Å². The van der Waals surface area contributed by atoms with Crippen LogP contribution < -0.4 is 0 Å². The molecule has 6 unspecified atom stereocenters. The summed E-state index contributed by atoms with van der Waals surface area (Å²) < 4.78 is 8.83. The quantitative estimate of drug-likeness (QED) is 0.0393. The number of likely N-dealkylation sites (N-methyl/N-ethyl adjacent to an activating group) is 5. The zero-order valence-corrected chi connectivity index (χ0v) is 68.3. The van der Waals surface area contributed by atoms with Gasteiger partial charge in [0.25, 0.3) is 5.82 Å². The molecule has 8 aliphatic heterocycles. The molecule has 8 nitrogen and oxygen atoms in total. The fourth-order valence-electron chi connectivity index (χ4n) is 17.8. The molecular weight excluding hydrogens is 1190 g/mol. The first-order chi connectivity index (χ1) is 47.1. The van der Waals surface area contributed by atoms with Crippen molar-refractivity contribution in [2.24, 2.45) is 0 Å². The third kappa shape index (κ3) is 30.8. The first-order valence-electron chi connectivity index (χ1n) is 42.8.